The molecule has 2 aromatic heterocycles. The number of thioether (sulfide) groups is 1. The maximum Gasteiger partial charge on any atom is 0.234 e. The van der Waals surface area contributed by atoms with Gasteiger partial charge in [-0.15, -0.1) is 16.6 Å². The summed E-state index contributed by atoms with van der Waals surface area (Å²) in [6.45, 7) is 4.11. The molecule has 1 aromatic carbocycles. The van der Waals surface area contributed by atoms with Crippen LogP contribution in [0.5, 0.6) is 0 Å². The van der Waals surface area contributed by atoms with Gasteiger partial charge in [0.1, 0.15) is 0 Å². The molecule has 0 spiro atoms. The van der Waals surface area contributed by atoms with Gasteiger partial charge in [0.25, 0.3) is 0 Å². The van der Waals surface area contributed by atoms with E-state index < -0.39 is 0 Å². The summed E-state index contributed by atoms with van der Waals surface area (Å²) >= 11 is 1.37. The largest absolute Gasteiger partial charge is 0.344 e. The van der Waals surface area contributed by atoms with Crippen LogP contribution in [0.25, 0.3) is 16.6 Å². The van der Waals surface area contributed by atoms with E-state index in [2.05, 4.69) is 34.4 Å². The fourth-order valence-electron chi connectivity index (χ4n) is 2.44. The van der Waals surface area contributed by atoms with Crippen molar-refractivity contribution in [1.29, 1.82) is 0 Å². The monoisotopic (exact) mass is 324 g/mol. The van der Waals surface area contributed by atoms with Crippen LogP contribution in [0.1, 0.15) is 12.5 Å². The number of aromatic nitrogens is 3. The fourth-order valence-corrected chi connectivity index (χ4v) is 3.34. The number of rotatable bonds is 4. The Balaban J connectivity index is 2.01. The zero-order valence-corrected chi connectivity index (χ0v) is 13.7. The van der Waals surface area contributed by atoms with Crippen molar-refractivity contribution in [2.45, 2.75) is 24.3 Å². The molecule has 0 fully saturated rings. The Hall–Kier alpha value is -2.52. The fraction of sp³-hybridized carbons (Fsp3) is 0.235. The molecule has 3 aromatic rings. The normalized spacial score (nSPS) is 12.2. The average molecular weight is 324 g/mol. The molecule has 23 heavy (non-hydrogen) atoms. The number of nitrogens with zero attached hydrogens (tertiary/aromatic N) is 3. The van der Waals surface area contributed by atoms with Crippen LogP contribution in [-0.4, -0.2) is 32.3 Å². The molecular weight excluding hydrogens is 308 g/mol. The van der Waals surface area contributed by atoms with Crippen LogP contribution >= 0.6 is 11.8 Å². The Labute approximate surface area is 138 Å². The molecule has 1 amide bonds. The maximum atomic E-state index is 12.0. The molecule has 2 heterocycles. The molecule has 0 saturated carbocycles. The Bertz CT molecular complexity index is 925. The van der Waals surface area contributed by atoms with Crippen LogP contribution in [0.4, 0.5) is 0 Å². The lowest BCUT2D eigenvalue weighted by Gasteiger charge is -2.11. The number of fused-ring (bicyclic) bond motifs is 3. The number of benzene rings is 1. The van der Waals surface area contributed by atoms with Gasteiger partial charge in [0.15, 0.2) is 10.8 Å². The summed E-state index contributed by atoms with van der Waals surface area (Å²) < 4.78 is 1.98. The Morgan fingerprint density at radius 1 is 1.43 bits per heavy atom. The third kappa shape index (κ3) is 2.88. The van der Waals surface area contributed by atoms with Crippen molar-refractivity contribution in [2.24, 2.45) is 0 Å². The molecule has 5 nitrogen and oxygen atoms in total. The lowest BCUT2D eigenvalue weighted by molar-refractivity contribution is -0.120. The van der Waals surface area contributed by atoms with E-state index in [9.17, 15) is 4.79 Å². The van der Waals surface area contributed by atoms with E-state index in [-0.39, 0.29) is 17.7 Å². The molecule has 0 radical (unpaired) electrons. The minimum Gasteiger partial charge on any atom is -0.344 e. The van der Waals surface area contributed by atoms with Gasteiger partial charge < -0.3 is 5.32 Å². The van der Waals surface area contributed by atoms with E-state index in [1.165, 1.54) is 11.8 Å². The standard InChI is InChI=1S/C17H16N4OS/c1-4-9-18-16(22)12(3)23-17-20-19-15-10-11(2)13-7-5-6-8-14(13)21(15)17/h1,5-8,10,12H,9H2,2-3H3,(H,18,22)/t12-/m1/s1. The predicted octanol–water partition coefficient (Wildman–Crippen LogP) is 2.42. The number of carbonyl (C=O) groups is 1. The van der Waals surface area contributed by atoms with Gasteiger partial charge in [-0.2, -0.15) is 0 Å². The second-order valence-electron chi connectivity index (χ2n) is 5.20. The number of carbonyl (C=O) groups excluding carboxylic acids is 1. The van der Waals surface area contributed by atoms with Crippen LogP contribution < -0.4 is 5.32 Å². The smallest absolute Gasteiger partial charge is 0.234 e. The first-order valence-corrected chi connectivity index (χ1v) is 8.11. The zero-order chi connectivity index (χ0) is 16.4. The molecule has 1 N–H and O–H groups in total. The average Bonchev–Trinajstić information content (AvgIpc) is 2.95. The molecule has 0 aliphatic heterocycles. The highest BCUT2D eigenvalue weighted by Crippen LogP contribution is 2.27. The van der Waals surface area contributed by atoms with E-state index in [1.807, 2.05) is 35.6 Å². The van der Waals surface area contributed by atoms with Gasteiger partial charge in [-0.3, -0.25) is 9.20 Å². The Morgan fingerprint density at radius 2 is 2.22 bits per heavy atom. The van der Waals surface area contributed by atoms with E-state index in [0.29, 0.717) is 5.16 Å². The first kappa shape index (κ1) is 15.4. The molecule has 116 valence electrons. The zero-order valence-electron chi connectivity index (χ0n) is 12.9. The SMILES string of the molecule is C#CCNC(=O)[C@@H](C)Sc1nnc2cc(C)c3ccccc3n12. The second kappa shape index (κ2) is 6.31. The first-order valence-electron chi connectivity index (χ1n) is 7.23. The van der Waals surface area contributed by atoms with Gasteiger partial charge in [0, 0.05) is 5.39 Å². The molecule has 0 unspecified atom stereocenters. The molecule has 0 aliphatic rings. The summed E-state index contributed by atoms with van der Waals surface area (Å²) in [5, 5.41) is 12.7. The van der Waals surface area contributed by atoms with Gasteiger partial charge >= 0.3 is 0 Å². The summed E-state index contributed by atoms with van der Waals surface area (Å²) in [4.78, 5) is 12.0. The number of para-hydroxylation sites is 1. The van der Waals surface area contributed by atoms with Gasteiger partial charge in [0.05, 0.1) is 17.3 Å². The summed E-state index contributed by atoms with van der Waals surface area (Å²) in [5.41, 5.74) is 2.96. The highest BCUT2D eigenvalue weighted by Gasteiger charge is 2.18. The summed E-state index contributed by atoms with van der Waals surface area (Å²) in [6, 6.07) is 10.1. The number of amides is 1. The van der Waals surface area contributed by atoms with Crippen molar-refractivity contribution < 1.29 is 4.79 Å². The van der Waals surface area contributed by atoms with Crippen molar-refractivity contribution in [2.75, 3.05) is 6.54 Å². The predicted molar refractivity (Wildman–Crippen MR) is 92.4 cm³/mol. The van der Waals surface area contributed by atoms with Crippen LogP contribution in [0.3, 0.4) is 0 Å². The van der Waals surface area contributed by atoms with Gasteiger partial charge in [-0.1, -0.05) is 35.9 Å². The van der Waals surface area contributed by atoms with Crippen molar-refractivity contribution in [3.8, 4) is 12.3 Å². The summed E-state index contributed by atoms with van der Waals surface area (Å²) in [6.07, 6.45) is 5.17. The Morgan fingerprint density at radius 3 is 3.00 bits per heavy atom. The quantitative estimate of drug-likeness (QED) is 0.591. The Kier molecular flexibility index (Phi) is 4.22. The number of pyridine rings is 1. The highest BCUT2D eigenvalue weighted by atomic mass is 32.2. The van der Waals surface area contributed by atoms with Crippen molar-refractivity contribution in [3.05, 3.63) is 35.9 Å². The van der Waals surface area contributed by atoms with Crippen molar-refractivity contribution >= 4 is 34.2 Å². The number of hydrogen-bond acceptors (Lipinski definition) is 4. The number of nitrogens with one attached hydrogen (secondary N) is 1. The topological polar surface area (TPSA) is 59.3 Å². The van der Waals surface area contributed by atoms with Crippen LogP contribution in [0, 0.1) is 19.3 Å². The lowest BCUT2D eigenvalue weighted by Crippen LogP contribution is -2.31. The molecule has 0 bridgehead atoms. The van der Waals surface area contributed by atoms with E-state index in [0.717, 1.165) is 22.1 Å². The van der Waals surface area contributed by atoms with Gasteiger partial charge in [-0.05, 0) is 31.5 Å². The molecular formula is C17H16N4OS. The highest BCUT2D eigenvalue weighted by molar-refractivity contribution is 8.00. The maximum absolute atomic E-state index is 12.0. The molecule has 3 rings (SSSR count). The lowest BCUT2D eigenvalue weighted by atomic mass is 10.1. The third-order valence-corrected chi connectivity index (χ3v) is 4.63. The molecule has 0 aliphatic carbocycles. The summed E-state index contributed by atoms with van der Waals surface area (Å²) in [5.74, 6) is 2.29. The molecule has 6 heteroatoms. The minimum absolute atomic E-state index is 0.110. The summed E-state index contributed by atoms with van der Waals surface area (Å²) in [7, 11) is 0. The first-order chi connectivity index (χ1) is 11.1. The molecule has 0 saturated heterocycles. The minimum atomic E-state index is -0.309. The van der Waals surface area contributed by atoms with Crippen LogP contribution in [-0.2, 0) is 4.79 Å². The van der Waals surface area contributed by atoms with Crippen LogP contribution in [0.2, 0.25) is 0 Å². The third-order valence-electron chi connectivity index (χ3n) is 3.59. The number of terminal acetylenes is 1. The van der Waals surface area contributed by atoms with Gasteiger partial charge in [-0.25, -0.2) is 0 Å². The molecule has 1 atom stereocenters. The second-order valence-corrected chi connectivity index (χ2v) is 6.51. The number of aryl methyl sites for hydroxylation is 1. The van der Waals surface area contributed by atoms with Crippen LogP contribution in [0.15, 0.2) is 35.5 Å². The number of hydrogen-bond donors (Lipinski definition) is 1. The van der Waals surface area contributed by atoms with E-state index in [1.54, 1.807) is 0 Å². The van der Waals surface area contributed by atoms with E-state index >= 15 is 0 Å². The van der Waals surface area contributed by atoms with Crippen molar-refractivity contribution in [1.82, 2.24) is 19.9 Å². The van der Waals surface area contributed by atoms with Gasteiger partial charge in [0.2, 0.25) is 5.91 Å². The van der Waals surface area contributed by atoms with Crippen molar-refractivity contribution in [3.63, 3.8) is 0 Å². The van der Waals surface area contributed by atoms with E-state index in [4.69, 9.17) is 6.42 Å².